The van der Waals surface area contributed by atoms with Crippen molar-refractivity contribution in [1.29, 1.82) is 5.26 Å². The van der Waals surface area contributed by atoms with E-state index in [9.17, 15) is 25.3 Å². The van der Waals surface area contributed by atoms with Gasteiger partial charge in [-0.2, -0.15) is 5.26 Å². The van der Waals surface area contributed by atoms with E-state index in [1.807, 2.05) is 6.07 Å². The number of ether oxygens (including phenoxy) is 1. The fourth-order valence-corrected chi connectivity index (χ4v) is 4.44. The lowest BCUT2D eigenvalue weighted by Crippen LogP contribution is -2.43. The van der Waals surface area contributed by atoms with E-state index in [1.54, 1.807) is 36.4 Å². The standard InChI is InChI=1S/C20H18BrN3O5/c1-29-15-8-2-12(3-9-15)16-17(24(27)28)20(26,10-19(16,11-22)18(23)25)13-4-6-14(21)7-5-13/h2-9,16-17,26H,10H2,1H3,(H2,23,25)/t16-,17-,19-,20-/m0/s1. The van der Waals surface area contributed by atoms with Gasteiger partial charge in [0.05, 0.1) is 19.1 Å². The maximum atomic E-state index is 12.4. The minimum atomic E-state index is -2.07. The fourth-order valence-electron chi connectivity index (χ4n) is 4.17. The molecule has 0 heterocycles. The summed E-state index contributed by atoms with van der Waals surface area (Å²) in [6, 6.07) is 12.8. The number of carbonyl (C=O) groups is 1. The predicted octanol–water partition coefficient (Wildman–Crippen LogP) is 2.47. The zero-order chi connectivity index (χ0) is 21.4. The van der Waals surface area contributed by atoms with E-state index in [0.29, 0.717) is 15.8 Å². The number of nitrogens with two attached hydrogens (primary N) is 1. The Hall–Kier alpha value is -2.96. The molecular formula is C20H18BrN3O5. The van der Waals surface area contributed by atoms with Gasteiger partial charge in [-0.05, 0) is 35.4 Å². The molecule has 1 fully saturated rings. The number of benzene rings is 2. The van der Waals surface area contributed by atoms with E-state index in [0.717, 1.165) is 0 Å². The van der Waals surface area contributed by atoms with Gasteiger partial charge in [0, 0.05) is 15.8 Å². The SMILES string of the molecule is COc1ccc([C@H]2[C@H]([N+](=O)[O-])[C@@](O)(c3ccc(Br)cc3)C[C@@]2(C#N)C(N)=O)cc1. The van der Waals surface area contributed by atoms with Crippen LogP contribution in [0.1, 0.15) is 23.5 Å². The monoisotopic (exact) mass is 459 g/mol. The summed E-state index contributed by atoms with van der Waals surface area (Å²) in [6.07, 6.45) is -0.490. The van der Waals surface area contributed by atoms with Crippen molar-refractivity contribution in [3.63, 3.8) is 0 Å². The maximum absolute atomic E-state index is 12.4. The van der Waals surface area contributed by atoms with Crippen LogP contribution in [0.3, 0.4) is 0 Å². The van der Waals surface area contributed by atoms with Crippen LogP contribution in [0.25, 0.3) is 0 Å². The molecule has 3 rings (SSSR count). The van der Waals surface area contributed by atoms with Gasteiger partial charge < -0.3 is 15.6 Å². The third kappa shape index (κ3) is 3.24. The molecule has 1 aliphatic rings. The van der Waals surface area contributed by atoms with Crippen LogP contribution in [0, 0.1) is 26.9 Å². The highest BCUT2D eigenvalue weighted by atomic mass is 79.9. The predicted molar refractivity (Wildman–Crippen MR) is 106 cm³/mol. The molecule has 2 aromatic rings. The zero-order valence-electron chi connectivity index (χ0n) is 15.4. The summed E-state index contributed by atoms with van der Waals surface area (Å²) in [5.41, 5.74) is 2.13. The van der Waals surface area contributed by atoms with Crippen molar-refractivity contribution in [2.24, 2.45) is 11.1 Å². The number of hydrogen-bond donors (Lipinski definition) is 2. The Balaban J connectivity index is 2.26. The fraction of sp³-hybridized carbons (Fsp3) is 0.300. The van der Waals surface area contributed by atoms with E-state index < -0.39 is 40.2 Å². The molecule has 2 aromatic carbocycles. The second kappa shape index (κ2) is 7.46. The van der Waals surface area contributed by atoms with E-state index in [-0.39, 0.29) is 5.56 Å². The molecule has 9 heteroatoms. The number of rotatable bonds is 5. The number of aliphatic hydroxyl groups is 1. The highest BCUT2D eigenvalue weighted by Crippen LogP contribution is 2.58. The summed E-state index contributed by atoms with van der Waals surface area (Å²) >= 11 is 3.28. The van der Waals surface area contributed by atoms with Gasteiger partial charge in [-0.3, -0.25) is 14.9 Å². The van der Waals surface area contributed by atoms with Crippen LogP contribution in [-0.4, -0.2) is 29.1 Å². The molecule has 0 aromatic heterocycles. The van der Waals surface area contributed by atoms with E-state index in [4.69, 9.17) is 10.5 Å². The van der Waals surface area contributed by atoms with E-state index in [2.05, 4.69) is 15.9 Å². The molecule has 0 spiro atoms. The molecular weight excluding hydrogens is 442 g/mol. The molecule has 0 saturated heterocycles. The van der Waals surface area contributed by atoms with Crippen LogP contribution < -0.4 is 10.5 Å². The minimum absolute atomic E-state index is 0.235. The Labute approximate surface area is 175 Å². The number of methoxy groups -OCH3 is 1. The first-order valence-corrected chi connectivity index (χ1v) is 9.46. The number of carbonyl (C=O) groups excluding carboxylic acids is 1. The molecule has 0 aliphatic heterocycles. The topological polar surface area (TPSA) is 139 Å². The molecule has 1 aliphatic carbocycles. The summed E-state index contributed by atoms with van der Waals surface area (Å²) in [5, 5.41) is 33.6. The summed E-state index contributed by atoms with van der Waals surface area (Å²) < 4.78 is 5.83. The second-order valence-corrected chi connectivity index (χ2v) is 7.95. The first-order valence-electron chi connectivity index (χ1n) is 8.66. The molecule has 4 atom stereocenters. The first-order chi connectivity index (χ1) is 13.7. The molecule has 0 unspecified atom stereocenters. The Morgan fingerprint density at radius 2 is 1.90 bits per heavy atom. The highest BCUT2D eigenvalue weighted by Gasteiger charge is 2.70. The van der Waals surface area contributed by atoms with Crippen molar-refractivity contribution in [3.05, 3.63) is 74.2 Å². The molecule has 1 amide bonds. The molecule has 0 radical (unpaired) electrons. The van der Waals surface area contributed by atoms with Gasteiger partial charge in [-0.1, -0.05) is 40.2 Å². The van der Waals surface area contributed by atoms with Gasteiger partial charge in [-0.25, -0.2) is 0 Å². The van der Waals surface area contributed by atoms with Crippen molar-refractivity contribution in [3.8, 4) is 11.8 Å². The average molecular weight is 460 g/mol. The Morgan fingerprint density at radius 3 is 2.34 bits per heavy atom. The zero-order valence-corrected chi connectivity index (χ0v) is 17.0. The third-order valence-corrected chi connectivity index (χ3v) is 6.10. The van der Waals surface area contributed by atoms with Gasteiger partial charge >= 0.3 is 0 Å². The molecule has 3 N–H and O–H groups in total. The quantitative estimate of drug-likeness (QED) is 0.519. The molecule has 1 saturated carbocycles. The van der Waals surface area contributed by atoms with Crippen LogP contribution in [-0.2, 0) is 10.4 Å². The van der Waals surface area contributed by atoms with Gasteiger partial charge in [-0.15, -0.1) is 0 Å². The van der Waals surface area contributed by atoms with Crippen LogP contribution in [0.5, 0.6) is 5.75 Å². The van der Waals surface area contributed by atoms with Crippen LogP contribution in [0.2, 0.25) is 0 Å². The van der Waals surface area contributed by atoms with E-state index >= 15 is 0 Å². The summed E-state index contributed by atoms with van der Waals surface area (Å²) in [6.45, 7) is 0. The number of nitriles is 1. The Kier molecular flexibility index (Phi) is 5.34. The number of hydrogen-bond acceptors (Lipinski definition) is 6. The molecule has 0 bridgehead atoms. The van der Waals surface area contributed by atoms with Gasteiger partial charge in [0.2, 0.25) is 5.91 Å². The van der Waals surface area contributed by atoms with E-state index in [1.165, 1.54) is 19.2 Å². The van der Waals surface area contributed by atoms with Crippen LogP contribution in [0.15, 0.2) is 53.0 Å². The Bertz CT molecular complexity index is 989. The normalized spacial score (nSPS) is 28.5. The van der Waals surface area contributed by atoms with Crippen molar-refractivity contribution in [2.45, 2.75) is 24.0 Å². The van der Waals surface area contributed by atoms with Gasteiger partial charge in [0.25, 0.3) is 6.04 Å². The second-order valence-electron chi connectivity index (χ2n) is 7.04. The average Bonchev–Trinajstić information content (AvgIpc) is 2.99. The first kappa shape index (κ1) is 20.8. The maximum Gasteiger partial charge on any atom is 0.254 e. The Morgan fingerprint density at radius 1 is 1.31 bits per heavy atom. The molecule has 29 heavy (non-hydrogen) atoms. The lowest BCUT2D eigenvalue weighted by Gasteiger charge is -2.27. The number of halogens is 1. The lowest BCUT2D eigenvalue weighted by atomic mass is 9.74. The number of nitro groups is 1. The number of nitrogens with zero attached hydrogens (tertiary/aromatic N) is 2. The van der Waals surface area contributed by atoms with Crippen molar-refractivity contribution in [1.82, 2.24) is 0 Å². The summed E-state index contributed by atoms with van der Waals surface area (Å²) in [7, 11) is 1.47. The van der Waals surface area contributed by atoms with Crippen LogP contribution in [0.4, 0.5) is 0 Å². The van der Waals surface area contributed by atoms with Crippen molar-refractivity contribution >= 4 is 21.8 Å². The molecule has 8 nitrogen and oxygen atoms in total. The minimum Gasteiger partial charge on any atom is -0.497 e. The summed E-state index contributed by atoms with van der Waals surface area (Å²) in [5.74, 6) is -1.76. The van der Waals surface area contributed by atoms with Crippen molar-refractivity contribution < 1.29 is 19.6 Å². The highest BCUT2D eigenvalue weighted by molar-refractivity contribution is 9.10. The van der Waals surface area contributed by atoms with Gasteiger partial charge in [0.1, 0.15) is 5.75 Å². The number of amides is 1. The van der Waals surface area contributed by atoms with Crippen LogP contribution >= 0.6 is 15.9 Å². The summed E-state index contributed by atoms with van der Waals surface area (Å²) in [4.78, 5) is 23.9. The third-order valence-electron chi connectivity index (χ3n) is 5.57. The number of primary amides is 1. The van der Waals surface area contributed by atoms with Crippen molar-refractivity contribution in [2.75, 3.05) is 7.11 Å². The van der Waals surface area contributed by atoms with Gasteiger partial charge in [0.15, 0.2) is 11.0 Å². The molecule has 150 valence electrons. The largest absolute Gasteiger partial charge is 0.497 e. The lowest BCUT2D eigenvalue weighted by molar-refractivity contribution is -0.547. The smallest absolute Gasteiger partial charge is 0.254 e.